The predicted octanol–water partition coefficient (Wildman–Crippen LogP) is 5.22. The standard InChI is InChI=1S/C23H26ClF3N2O2/c1-15(2)19(14-23(25,26)27)28-22(31)21(17-8-4-3-5-9-17)29-20(30)12-11-16-7-6-10-18(24)13-16/h3-10,13,15,19,21H,11-12,14H2,1-2H3,(H,28,31)(H,29,30)/t19-,21?/m1/s1. The molecule has 0 aliphatic carbocycles. The first kappa shape index (κ1) is 24.7. The van der Waals surface area contributed by atoms with Crippen molar-refractivity contribution in [2.75, 3.05) is 0 Å². The number of aryl methyl sites for hydroxylation is 1. The minimum atomic E-state index is -4.41. The topological polar surface area (TPSA) is 58.2 Å². The summed E-state index contributed by atoms with van der Waals surface area (Å²) in [6.07, 6.45) is -5.03. The molecule has 0 aliphatic heterocycles. The average molecular weight is 455 g/mol. The molecular weight excluding hydrogens is 429 g/mol. The van der Waals surface area contributed by atoms with Gasteiger partial charge in [-0.3, -0.25) is 9.59 Å². The molecule has 0 radical (unpaired) electrons. The van der Waals surface area contributed by atoms with Crippen molar-refractivity contribution >= 4 is 23.4 Å². The Kier molecular flexibility index (Phi) is 8.92. The number of benzene rings is 2. The number of halogens is 4. The smallest absolute Gasteiger partial charge is 0.351 e. The molecule has 0 spiro atoms. The third-order valence-corrected chi connectivity index (χ3v) is 5.05. The average Bonchev–Trinajstić information content (AvgIpc) is 2.69. The van der Waals surface area contributed by atoms with Gasteiger partial charge in [-0.05, 0) is 35.6 Å². The molecule has 0 saturated carbocycles. The number of amides is 2. The van der Waals surface area contributed by atoms with Crippen molar-refractivity contribution in [3.8, 4) is 0 Å². The maximum absolute atomic E-state index is 12.9. The summed E-state index contributed by atoms with van der Waals surface area (Å²) in [5, 5.41) is 5.69. The van der Waals surface area contributed by atoms with Gasteiger partial charge in [0.25, 0.3) is 0 Å². The first-order valence-corrected chi connectivity index (χ1v) is 10.4. The van der Waals surface area contributed by atoms with Crippen LogP contribution in [0.4, 0.5) is 13.2 Å². The van der Waals surface area contributed by atoms with Gasteiger partial charge in [-0.15, -0.1) is 0 Å². The number of carbonyl (C=O) groups excluding carboxylic acids is 2. The highest BCUT2D eigenvalue weighted by atomic mass is 35.5. The first-order valence-electron chi connectivity index (χ1n) is 10.0. The lowest BCUT2D eigenvalue weighted by atomic mass is 9.99. The number of carbonyl (C=O) groups is 2. The van der Waals surface area contributed by atoms with E-state index in [9.17, 15) is 22.8 Å². The summed E-state index contributed by atoms with van der Waals surface area (Å²) < 4.78 is 38.7. The summed E-state index contributed by atoms with van der Waals surface area (Å²) in [5.41, 5.74) is 1.36. The van der Waals surface area contributed by atoms with Crippen LogP contribution in [0.5, 0.6) is 0 Å². The Morgan fingerprint density at radius 3 is 2.26 bits per heavy atom. The van der Waals surface area contributed by atoms with Crippen molar-refractivity contribution in [3.05, 3.63) is 70.7 Å². The molecule has 31 heavy (non-hydrogen) atoms. The third kappa shape index (κ3) is 8.61. The van der Waals surface area contributed by atoms with Gasteiger partial charge in [0.1, 0.15) is 6.04 Å². The molecule has 1 unspecified atom stereocenters. The van der Waals surface area contributed by atoms with E-state index in [0.717, 1.165) is 5.56 Å². The molecule has 0 aliphatic rings. The van der Waals surface area contributed by atoms with Gasteiger partial charge < -0.3 is 10.6 Å². The fourth-order valence-electron chi connectivity index (χ4n) is 3.10. The number of hydrogen-bond acceptors (Lipinski definition) is 2. The molecule has 0 bridgehead atoms. The van der Waals surface area contributed by atoms with Crippen LogP contribution in [0.15, 0.2) is 54.6 Å². The van der Waals surface area contributed by atoms with Crippen molar-refractivity contribution in [3.63, 3.8) is 0 Å². The molecule has 2 amide bonds. The molecule has 0 aromatic heterocycles. The Bertz CT molecular complexity index is 873. The van der Waals surface area contributed by atoms with E-state index in [1.807, 2.05) is 6.07 Å². The lowest BCUT2D eigenvalue weighted by Gasteiger charge is -2.27. The molecule has 0 fully saturated rings. The summed E-state index contributed by atoms with van der Waals surface area (Å²) in [4.78, 5) is 25.4. The van der Waals surface area contributed by atoms with Crippen LogP contribution >= 0.6 is 11.6 Å². The largest absolute Gasteiger partial charge is 0.391 e. The van der Waals surface area contributed by atoms with Gasteiger partial charge in [-0.2, -0.15) is 13.2 Å². The molecule has 4 nitrogen and oxygen atoms in total. The van der Waals surface area contributed by atoms with Gasteiger partial charge in [0.15, 0.2) is 0 Å². The second kappa shape index (κ2) is 11.2. The highest BCUT2D eigenvalue weighted by Crippen LogP contribution is 2.25. The summed E-state index contributed by atoms with van der Waals surface area (Å²) in [7, 11) is 0. The Hall–Kier alpha value is -2.54. The van der Waals surface area contributed by atoms with Crippen molar-refractivity contribution < 1.29 is 22.8 Å². The zero-order chi connectivity index (χ0) is 23.0. The lowest BCUT2D eigenvalue weighted by Crippen LogP contribution is -2.47. The van der Waals surface area contributed by atoms with Gasteiger partial charge >= 0.3 is 6.18 Å². The lowest BCUT2D eigenvalue weighted by molar-refractivity contribution is -0.145. The summed E-state index contributed by atoms with van der Waals surface area (Å²) in [5.74, 6) is -1.49. The SMILES string of the molecule is CC(C)[C@@H](CC(F)(F)F)NC(=O)C(NC(=O)CCc1cccc(Cl)c1)c1ccccc1. The minimum Gasteiger partial charge on any atom is -0.351 e. The maximum atomic E-state index is 12.9. The van der Waals surface area contributed by atoms with Crippen molar-refractivity contribution in [2.24, 2.45) is 5.92 Å². The van der Waals surface area contributed by atoms with E-state index in [-0.39, 0.29) is 12.3 Å². The number of nitrogens with one attached hydrogen (secondary N) is 2. The predicted molar refractivity (Wildman–Crippen MR) is 115 cm³/mol. The van der Waals surface area contributed by atoms with Crippen LogP contribution in [-0.2, 0) is 16.0 Å². The minimum absolute atomic E-state index is 0.104. The first-order chi connectivity index (χ1) is 14.5. The molecule has 2 atom stereocenters. The van der Waals surface area contributed by atoms with E-state index < -0.39 is 36.5 Å². The molecular formula is C23H26ClF3N2O2. The Labute approximate surface area is 185 Å². The molecule has 8 heteroatoms. The number of hydrogen-bond donors (Lipinski definition) is 2. The molecule has 2 rings (SSSR count). The van der Waals surface area contributed by atoms with E-state index in [1.165, 1.54) is 0 Å². The fourth-order valence-corrected chi connectivity index (χ4v) is 3.31. The van der Waals surface area contributed by atoms with Gasteiger partial charge in [0.2, 0.25) is 11.8 Å². The number of alkyl halides is 3. The van der Waals surface area contributed by atoms with Crippen LogP contribution in [0.25, 0.3) is 0 Å². The molecule has 2 aromatic rings. The highest BCUT2D eigenvalue weighted by molar-refractivity contribution is 6.30. The molecule has 0 saturated heterocycles. The maximum Gasteiger partial charge on any atom is 0.391 e. The zero-order valence-corrected chi connectivity index (χ0v) is 18.1. The second-order valence-electron chi connectivity index (χ2n) is 7.72. The van der Waals surface area contributed by atoms with Crippen molar-refractivity contribution in [1.82, 2.24) is 10.6 Å². The van der Waals surface area contributed by atoms with Crippen LogP contribution in [0.3, 0.4) is 0 Å². The van der Waals surface area contributed by atoms with Crippen LogP contribution in [0.2, 0.25) is 5.02 Å². The van der Waals surface area contributed by atoms with Crippen molar-refractivity contribution in [2.45, 2.75) is 51.4 Å². The molecule has 2 N–H and O–H groups in total. The molecule has 0 heterocycles. The summed E-state index contributed by atoms with van der Waals surface area (Å²) in [6, 6.07) is 13.4. The molecule has 168 valence electrons. The second-order valence-corrected chi connectivity index (χ2v) is 8.16. The van der Waals surface area contributed by atoms with Crippen LogP contribution < -0.4 is 10.6 Å². The van der Waals surface area contributed by atoms with E-state index in [1.54, 1.807) is 62.4 Å². The monoisotopic (exact) mass is 454 g/mol. The van der Waals surface area contributed by atoms with Gasteiger partial charge in [0, 0.05) is 17.5 Å². The summed E-state index contributed by atoms with van der Waals surface area (Å²) >= 11 is 5.95. The van der Waals surface area contributed by atoms with Crippen molar-refractivity contribution in [1.29, 1.82) is 0 Å². The summed E-state index contributed by atoms with van der Waals surface area (Å²) in [6.45, 7) is 3.22. The van der Waals surface area contributed by atoms with E-state index in [2.05, 4.69) is 10.6 Å². The Balaban J connectivity index is 2.11. The van der Waals surface area contributed by atoms with Gasteiger partial charge in [-0.1, -0.05) is 67.9 Å². The Morgan fingerprint density at radius 1 is 1.00 bits per heavy atom. The normalized spacial score (nSPS) is 13.5. The Morgan fingerprint density at radius 2 is 1.68 bits per heavy atom. The fraction of sp³-hybridized carbons (Fsp3) is 0.391. The number of rotatable bonds is 9. The van der Waals surface area contributed by atoms with Gasteiger partial charge in [-0.25, -0.2) is 0 Å². The van der Waals surface area contributed by atoms with E-state index >= 15 is 0 Å². The van der Waals surface area contributed by atoms with Crippen LogP contribution in [-0.4, -0.2) is 24.0 Å². The highest BCUT2D eigenvalue weighted by Gasteiger charge is 2.35. The van der Waals surface area contributed by atoms with E-state index in [0.29, 0.717) is 17.0 Å². The van der Waals surface area contributed by atoms with E-state index in [4.69, 9.17) is 11.6 Å². The third-order valence-electron chi connectivity index (χ3n) is 4.81. The van der Waals surface area contributed by atoms with Crippen LogP contribution in [0, 0.1) is 5.92 Å². The van der Waals surface area contributed by atoms with Gasteiger partial charge in [0.05, 0.1) is 6.42 Å². The van der Waals surface area contributed by atoms with Crippen LogP contribution in [0.1, 0.15) is 43.9 Å². The molecule has 2 aromatic carbocycles. The zero-order valence-electron chi connectivity index (χ0n) is 17.4. The quantitative estimate of drug-likeness (QED) is 0.545.